The normalized spacial score (nSPS) is 18.5. The molecule has 1 heterocycles. The number of carbonyl (C=O) groups excluding carboxylic acids is 1. The smallest absolute Gasteiger partial charge is 0.303 e. The molecule has 122 valence electrons. The zero-order chi connectivity index (χ0) is 16.0. The maximum Gasteiger partial charge on any atom is 0.303 e. The molecule has 0 aromatic heterocycles. The Labute approximate surface area is 131 Å². The van der Waals surface area contributed by atoms with Crippen molar-refractivity contribution in [2.75, 3.05) is 13.7 Å². The van der Waals surface area contributed by atoms with Crippen LogP contribution in [0.15, 0.2) is 30.3 Å². The fraction of sp³-hybridized carbons (Fsp3) is 0.533. The summed E-state index contributed by atoms with van der Waals surface area (Å²) in [7, 11) is -2.36. The van der Waals surface area contributed by atoms with Gasteiger partial charge in [-0.1, -0.05) is 30.3 Å². The average Bonchev–Trinajstić information content (AvgIpc) is 2.99. The monoisotopic (exact) mass is 326 g/mol. The van der Waals surface area contributed by atoms with Crippen molar-refractivity contribution >= 4 is 16.1 Å². The highest BCUT2D eigenvalue weighted by molar-refractivity contribution is 7.87. The molecular weight excluding hydrogens is 304 g/mol. The summed E-state index contributed by atoms with van der Waals surface area (Å²) >= 11 is 0. The third-order valence-corrected chi connectivity index (χ3v) is 5.05. The molecule has 0 aliphatic carbocycles. The summed E-state index contributed by atoms with van der Waals surface area (Å²) in [5.41, 5.74) is 0.863. The van der Waals surface area contributed by atoms with E-state index in [-0.39, 0.29) is 19.1 Å². The van der Waals surface area contributed by atoms with Crippen LogP contribution in [0.2, 0.25) is 0 Å². The maximum atomic E-state index is 12.1. The van der Waals surface area contributed by atoms with E-state index in [1.807, 2.05) is 30.3 Å². The van der Waals surface area contributed by atoms with Crippen LogP contribution < -0.4 is 4.72 Å². The minimum atomic E-state index is -3.81. The standard InChI is InChI=1S/C15H22N2O4S/c1-17(12-13-6-3-2-4-7-13)22(19,20)16-15(18)10-9-14-8-5-11-21-14/h2-4,6-7,14H,5,8-12H2,1H3,(H,16,18). The number of ether oxygens (including phenoxy) is 1. The van der Waals surface area contributed by atoms with Gasteiger partial charge in [0.05, 0.1) is 6.10 Å². The molecule has 1 atom stereocenters. The van der Waals surface area contributed by atoms with Gasteiger partial charge in [0.15, 0.2) is 0 Å². The highest BCUT2D eigenvalue weighted by Gasteiger charge is 2.22. The number of nitrogens with zero attached hydrogens (tertiary/aromatic N) is 1. The largest absolute Gasteiger partial charge is 0.378 e. The minimum absolute atomic E-state index is 0.0792. The molecule has 1 N–H and O–H groups in total. The fourth-order valence-corrected chi connectivity index (χ4v) is 3.23. The molecule has 7 heteroatoms. The Morgan fingerprint density at radius 1 is 1.36 bits per heavy atom. The minimum Gasteiger partial charge on any atom is -0.378 e. The van der Waals surface area contributed by atoms with Gasteiger partial charge in [0.2, 0.25) is 5.91 Å². The van der Waals surface area contributed by atoms with Crippen LogP contribution in [-0.2, 0) is 26.3 Å². The summed E-state index contributed by atoms with van der Waals surface area (Å²) in [5.74, 6) is -0.490. The van der Waals surface area contributed by atoms with Gasteiger partial charge in [-0.2, -0.15) is 12.7 Å². The first-order chi connectivity index (χ1) is 10.5. The average molecular weight is 326 g/mol. The molecule has 22 heavy (non-hydrogen) atoms. The summed E-state index contributed by atoms with van der Waals surface area (Å²) < 4.78 is 32.9. The van der Waals surface area contributed by atoms with Gasteiger partial charge in [-0.25, -0.2) is 4.72 Å². The van der Waals surface area contributed by atoms with Gasteiger partial charge in [-0.3, -0.25) is 4.79 Å². The van der Waals surface area contributed by atoms with Crippen LogP contribution in [0.1, 0.15) is 31.2 Å². The number of benzene rings is 1. The predicted octanol–water partition coefficient (Wildman–Crippen LogP) is 1.44. The SMILES string of the molecule is CN(Cc1ccccc1)S(=O)(=O)NC(=O)CCC1CCCO1. The molecule has 1 unspecified atom stereocenters. The second kappa shape index (κ2) is 7.71. The third-order valence-electron chi connectivity index (χ3n) is 3.62. The molecule has 0 radical (unpaired) electrons. The molecule has 0 spiro atoms. The number of nitrogens with one attached hydrogen (secondary N) is 1. The first kappa shape index (κ1) is 16.9. The van der Waals surface area contributed by atoms with Crippen molar-refractivity contribution in [1.82, 2.24) is 9.03 Å². The summed E-state index contributed by atoms with van der Waals surface area (Å²) in [6.07, 6.45) is 2.74. The topological polar surface area (TPSA) is 75.7 Å². The molecule has 1 aliphatic heterocycles. The molecule has 1 aromatic rings. The van der Waals surface area contributed by atoms with Crippen LogP contribution in [0.5, 0.6) is 0 Å². The van der Waals surface area contributed by atoms with Crippen LogP contribution in [0, 0.1) is 0 Å². The fourth-order valence-electron chi connectivity index (χ4n) is 2.36. The van der Waals surface area contributed by atoms with Crippen LogP contribution >= 0.6 is 0 Å². The van der Waals surface area contributed by atoms with Crippen molar-refractivity contribution in [3.63, 3.8) is 0 Å². The van der Waals surface area contributed by atoms with Gasteiger partial charge in [0.25, 0.3) is 0 Å². The highest BCUT2D eigenvalue weighted by Crippen LogP contribution is 2.16. The van der Waals surface area contributed by atoms with Crippen LogP contribution in [0.3, 0.4) is 0 Å². The van der Waals surface area contributed by atoms with Gasteiger partial charge in [0, 0.05) is 26.6 Å². The van der Waals surface area contributed by atoms with E-state index in [1.165, 1.54) is 7.05 Å². The summed E-state index contributed by atoms with van der Waals surface area (Å²) in [5, 5.41) is 0. The van der Waals surface area contributed by atoms with E-state index in [0.29, 0.717) is 6.42 Å². The maximum absolute atomic E-state index is 12.1. The zero-order valence-corrected chi connectivity index (χ0v) is 13.5. The van der Waals surface area contributed by atoms with Gasteiger partial charge < -0.3 is 4.74 Å². The van der Waals surface area contributed by atoms with E-state index < -0.39 is 16.1 Å². The van der Waals surface area contributed by atoms with E-state index in [9.17, 15) is 13.2 Å². The molecule has 1 saturated heterocycles. The Morgan fingerprint density at radius 3 is 2.73 bits per heavy atom. The van der Waals surface area contributed by atoms with Crippen molar-refractivity contribution < 1.29 is 17.9 Å². The first-order valence-corrected chi connectivity index (χ1v) is 8.84. The lowest BCUT2D eigenvalue weighted by molar-refractivity contribution is -0.120. The Kier molecular flexibility index (Phi) is 5.93. The lowest BCUT2D eigenvalue weighted by atomic mass is 10.1. The molecule has 1 aromatic carbocycles. The lowest BCUT2D eigenvalue weighted by Crippen LogP contribution is -2.41. The van der Waals surface area contributed by atoms with Gasteiger partial charge >= 0.3 is 10.2 Å². The molecule has 2 rings (SSSR count). The Hall–Kier alpha value is -1.44. The predicted molar refractivity (Wildman–Crippen MR) is 83.2 cm³/mol. The third kappa shape index (κ3) is 5.08. The number of amides is 1. The van der Waals surface area contributed by atoms with Crippen molar-refractivity contribution in [3.05, 3.63) is 35.9 Å². The van der Waals surface area contributed by atoms with E-state index in [1.54, 1.807) is 0 Å². The van der Waals surface area contributed by atoms with Crippen LogP contribution in [0.25, 0.3) is 0 Å². The summed E-state index contributed by atoms with van der Waals surface area (Å²) in [4.78, 5) is 11.8. The molecule has 6 nitrogen and oxygen atoms in total. The molecule has 0 saturated carbocycles. The molecule has 1 amide bonds. The lowest BCUT2D eigenvalue weighted by Gasteiger charge is -2.18. The first-order valence-electron chi connectivity index (χ1n) is 7.40. The molecule has 0 bridgehead atoms. The second-order valence-corrected chi connectivity index (χ2v) is 7.22. The number of carbonyl (C=O) groups is 1. The quantitative estimate of drug-likeness (QED) is 0.822. The van der Waals surface area contributed by atoms with Crippen molar-refractivity contribution in [2.45, 2.75) is 38.3 Å². The van der Waals surface area contributed by atoms with Crippen molar-refractivity contribution in [1.29, 1.82) is 0 Å². The molecule has 1 aliphatic rings. The Morgan fingerprint density at radius 2 is 2.09 bits per heavy atom. The Balaban J connectivity index is 1.82. The highest BCUT2D eigenvalue weighted by atomic mass is 32.2. The molecule has 1 fully saturated rings. The van der Waals surface area contributed by atoms with Crippen LogP contribution in [-0.4, -0.2) is 38.4 Å². The van der Waals surface area contributed by atoms with Crippen molar-refractivity contribution in [2.24, 2.45) is 0 Å². The van der Waals surface area contributed by atoms with E-state index in [0.717, 1.165) is 29.3 Å². The van der Waals surface area contributed by atoms with Gasteiger partial charge in [-0.05, 0) is 24.8 Å². The summed E-state index contributed by atoms with van der Waals surface area (Å²) in [6, 6.07) is 9.23. The number of hydrogen-bond donors (Lipinski definition) is 1. The second-order valence-electron chi connectivity index (χ2n) is 5.45. The van der Waals surface area contributed by atoms with Gasteiger partial charge in [-0.15, -0.1) is 0 Å². The van der Waals surface area contributed by atoms with Crippen LogP contribution in [0.4, 0.5) is 0 Å². The number of rotatable bonds is 7. The van der Waals surface area contributed by atoms with Gasteiger partial charge in [0.1, 0.15) is 0 Å². The zero-order valence-electron chi connectivity index (χ0n) is 12.7. The summed E-state index contributed by atoms with van der Waals surface area (Å²) in [6.45, 7) is 0.944. The Bertz CT molecular complexity index is 583. The van der Waals surface area contributed by atoms with E-state index >= 15 is 0 Å². The van der Waals surface area contributed by atoms with E-state index in [2.05, 4.69) is 4.72 Å². The van der Waals surface area contributed by atoms with E-state index in [4.69, 9.17) is 4.74 Å². The number of hydrogen-bond acceptors (Lipinski definition) is 4. The molecular formula is C15H22N2O4S. The van der Waals surface area contributed by atoms with Crippen molar-refractivity contribution in [3.8, 4) is 0 Å².